The highest BCUT2D eigenvalue weighted by atomic mass is 16.2. The van der Waals surface area contributed by atoms with Gasteiger partial charge in [-0.05, 0) is 43.5 Å². The van der Waals surface area contributed by atoms with Crippen LogP contribution in [0.5, 0.6) is 0 Å². The Bertz CT molecular complexity index is 884. The maximum Gasteiger partial charge on any atom is 0.324 e. The monoisotopic (exact) mass is 380 g/mol. The Kier molecular flexibility index (Phi) is 5.73. The van der Waals surface area contributed by atoms with E-state index in [0.29, 0.717) is 12.2 Å². The average molecular weight is 380 g/mol. The molecule has 7 nitrogen and oxygen atoms in total. The van der Waals surface area contributed by atoms with Gasteiger partial charge in [-0.25, -0.2) is 9.78 Å². The number of benzene rings is 1. The number of β-lactam (4-membered cyclic amide) rings is 1. The van der Waals surface area contributed by atoms with E-state index in [-0.39, 0.29) is 24.2 Å². The smallest absolute Gasteiger partial charge is 0.324 e. The number of hydrogen-bond donors (Lipinski definition) is 2. The van der Waals surface area contributed by atoms with Crippen LogP contribution in [-0.4, -0.2) is 33.6 Å². The molecule has 0 spiro atoms. The zero-order chi connectivity index (χ0) is 20.3. The van der Waals surface area contributed by atoms with Crippen molar-refractivity contribution in [3.8, 4) is 0 Å². The number of rotatable bonds is 6. The number of nitrogens with two attached hydrogens (primary N) is 1. The summed E-state index contributed by atoms with van der Waals surface area (Å²) in [5.41, 5.74) is 7.50. The first-order valence-corrected chi connectivity index (χ1v) is 9.25. The molecular weight excluding hydrogens is 356 g/mol. The first-order valence-electron chi connectivity index (χ1n) is 9.25. The number of nitrogens with one attached hydrogen (secondary N) is 1. The van der Waals surface area contributed by atoms with E-state index < -0.39 is 18.0 Å². The molecule has 1 fully saturated rings. The summed E-state index contributed by atoms with van der Waals surface area (Å²) >= 11 is 0. The lowest BCUT2D eigenvalue weighted by Gasteiger charge is -2.45. The predicted molar refractivity (Wildman–Crippen MR) is 105 cm³/mol. The Labute approximate surface area is 163 Å². The van der Waals surface area contributed by atoms with Gasteiger partial charge in [0, 0.05) is 12.6 Å². The van der Waals surface area contributed by atoms with Crippen LogP contribution in [0, 0.1) is 5.92 Å². The highest BCUT2D eigenvalue weighted by molar-refractivity contribution is 6.02. The van der Waals surface area contributed by atoms with Crippen molar-refractivity contribution in [3.05, 3.63) is 59.8 Å². The topological polar surface area (TPSA) is 105 Å². The zero-order valence-corrected chi connectivity index (χ0v) is 16.0. The highest BCUT2D eigenvalue weighted by Crippen LogP contribution is 2.33. The van der Waals surface area contributed by atoms with Crippen molar-refractivity contribution in [2.45, 2.75) is 38.8 Å². The summed E-state index contributed by atoms with van der Waals surface area (Å²) < 4.78 is 0. The molecule has 146 valence electrons. The van der Waals surface area contributed by atoms with E-state index in [1.807, 2.05) is 37.3 Å². The molecule has 0 bridgehead atoms. The molecule has 3 amide bonds. The van der Waals surface area contributed by atoms with Crippen LogP contribution in [0.3, 0.4) is 0 Å². The summed E-state index contributed by atoms with van der Waals surface area (Å²) in [6, 6.07) is 11.8. The molecule has 2 heterocycles. The summed E-state index contributed by atoms with van der Waals surface area (Å²) in [7, 11) is 0. The number of nitrogen functional groups attached to an aromatic ring is 1. The number of ketones is 1. The fourth-order valence-electron chi connectivity index (χ4n) is 3.56. The van der Waals surface area contributed by atoms with E-state index in [1.165, 1.54) is 11.8 Å². The van der Waals surface area contributed by atoms with Crippen molar-refractivity contribution >= 4 is 23.5 Å². The average Bonchev–Trinajstić information content (AvgIpc) is 2.66. The molecule has 7 heteroatoms. The highest BCUT2D eigenvalue weighted by Gasteiger charge is 2.50. The maximum absolute atomic E-state index is 12.7. The molecule has 1 aliphatic rings. The summed E-state index contributed by atoms with van der Waals surface area (Å²) in [6.45, 7) is 3.32. The summed E-state index contributed by atoms with van der Waals surface area (Å²) in [6.07, 6.45) is 2.14. The number of Topliss-reactive ketones (excluding diaryl/α,β-unsaturated/α-hetero) is 1. The number of urea groups is 1. The van der Waals surface area contributed by atoms with Gasteiger partial charge < -0.3 is 11.1 Å². The van der Waals surface area contributed by atoms with Gasteiger partial charge in [-0.15, -0.1) is 0 Å². The van der Waals surface area contributed by atoms with Crippen LogP contribution in [0.4, 0.5) is 10.6 Å². The van der Waals surface area contributed by atoms with Gasteiger partial charge in [0.1, 0.15) is 11.6 Å². The normalized spacial score (nSPS) is 19.6. The van der Waals surface area contributed by atoms with E-state index in [9.17, 15) is 14.4 Å². The van der Waals surface area contributed by atoms with Gasteiger partial charge in [-0.3, -0.25) is 14.5 Å². The molecular formula is C21H24N4O3. The van der Waals surface area contributed by atoms with E-state index in [4.69, 9.17) is 5.73 Å². The van der Waals surface area contributed by atoms with Gasteiger partial charge in [0.05, 0.1) is 18.0 Å². The lowest BCUT2D eigenvalue weighted by Crippen LogP contribution is -2.66. The number of aromatic nitrogens is 1. The third-order valence-electron chi connectivity index (χ3n) is 5.01. The molecule has 0 radical (unpaired) electrons. The van der Waals surface area contributed by atoms with Crippen molar-refractivity contribution in [3.63, 3.8) is 0 Å². The number of amides is 3. The van der Waals surface area contributed by atoms with Crippen LogP contribution in [0.1, 0.15) is 37.4 Å². The van der Waals surface area contributed by atoms with E-state index in [1.54, 1.807) is 18.3 Å². The molecule has 0 aliphatic carbocycles. The lowest BCUT2D eigenvalue weighted by atomic mass is 9.80. The van der Waals surface area contributed by atoms with Gasteiger partial charge in [-0.1, -0.05) is 30.3 Å². The molecule has 1 aliphatic heterocycles. The zero-order valence-electron chi connectivity index (χ0n) is 16.0. The van der Waals surface area contributed by atoms with Crippen LogP contribution in [0.2, 0.25) is 0 Å². The SMILES string of the molecule is CC(=O)C[C@@H]1[C@@H](Cc2ccnc(N)c2)C(=O)N1C(=O)N[C@H](C)c1ccccc1. The number of anilines is 1. The Morgan fingerprint density at radius 3 is 2.61 bits per heavy atom. The molecule has 1 aromatic heterocycles. The van der Waals surface area contributed by atoms with Gasteiger partial charge >= 0.3 is 6.03 Å². The van der Waals surface area contributed by atoms with Gasteiger partial charge in [0.25, 0.3) is 0 Å². The quantitative estimate of drug-likeness (QED) is 0.749. The van der Waals surface area contributed by atoms with Gasteiger partial charge in [0.15, 0.2) is 0 Å². The van der Waals surface area contributed by atoms with E-state index in [2.05, 4.69) is 10.3 Å². The third-order valence-corrected chi connectivity index (χ3v) is 5.01. The Hall–Kier alpha value is -3.22. The molecule has 0 unspecified atom stereocenters. The Morgan fingerprint density at radius 2 is 1.96 bits per heavy atom. The number of carbonyl (C=O) groups is 3. The standard InChI is InChI=1S/C21H24N4O3/c1-13(26)10-18-17(11-15-8-9-23-19(22)12-15)20(27)25(18)21(28)24-14(2)16-6-4-3-5-7-16/h3-9,12,14,17-18H,10-11H2,1-2H3,(H2,22,23)(H,24,28)/t14-,17-,18-/m1/s1. The number of imide groups is 1. The number of hydrogen-bond acceptors (Lipinski definition) is 5. The van der Waals surface area contributed by atoms with Gasteiger partial charge in [-0.2, -0.15) is 0 Å². The predicted octanol–water partition coefficient (Wildman–Crippen LogP) is 2.48. The third kappa shape index (κ3) is 4.19. The van der Waals surface area contributed by atoms with Crippen LogP contribution >= 0.6 is 0 Å². The lowest BCUT2D eigenvalue weighted by molar-refractivity contribution is -0.151. The van der Waals surface area contributed by atoms with Crippen molar-refractivity contribution in [2.75, 3.05) is 5.73 Å². The van der Waals surface area contributed by atoms with Gasteiger partial charge in [0.2, 0.25) is 5.91 Å². The van der Waals surface area contributed by atoms with Crippen molar-refractivity contribution < 1.29 is 14.4 Å². The van der Waals surface area contributed by atoms with Crippen LogP contribution in [-0.2, 0) is 16.0 Å². The molecule has 1 aromatic carbocycles. The molecule has 1 saturated heterocycles. The van der Waals surface area contributed by atoms with Crippen LogP contribution in [0.25, 0.3) is 0 Å². The van der Waals surface area contributed by atoms with Crippen LogP contribution < -0.4 is 11.1 Å². The fourth-order valence-corrected chi connectivity index (χ4v) is 3.56. The fraction of sp³-hybridized carbons (Fsp3) is 0.333. The summed E-state index contributed by atoms with van der Waals surface area (Å²) in [4.78, 5) is 42.3. The molecule has 3 rings (SSSR count). The minimum Gasteiger partial charge on any atom is -0.384 e. The second-order valence-corrected chi connectivity index (χ2v) is 7.16. The van der Waals surface area contributed by atoms with Crippen molar-refractivity contribution in [1.29, 1.82) is 0 Å². The summed E-state index contributed by atoms with van der Waals surface area (Å²) in [5.74, 6) is -0.396. The van der Waals surface area contributed by atoms with E-state index in [0.717, 1.165) is 11.1 Å². The van der Waals surface area contributed by atoms with Crippen molar-refractivity contribution in [1.82, 2.24) is 15.2 Å². The Morgan fingerprint density at radius 1 is 1.25 bits per heavy atom. The minimum atomic E-state index is -0.474. The molecule has 3 N–H and O–H groups in total. The second-order valence-electron chi connectivity index (χ2n) is 7.16. The minimum absolute atomic E-state index is 0.0642. The number of likely N-dealkylation sites (tertiary alicyclic amines) is 1. The number of nitrogens with zero attached hydrogens (tertiary/aromatic N) is 2. The Balaban J connectivity index is 1.72. The van der Waals surface area contributed by atoms with E-state index >= 15 is 0 Å². The molecule has 28 heavy (non-hydrogen) atoms. The maximum atomic E-state index is 12.7. The first-order chi connectivity index (χ1) is 13.4. The second kappa shape index (κ2) is 8.21. The number of pyridine rings is 1. The largest absolute Gasteiger partial charge is 0.384 e. The number of carbonyl (C=O) groups excluding carboxylic acids is 3. The molecule has 2 aromatic rings. The van der Waals surface area contributed by atoms with Crippen molar-refractivity contribution in [2.24, 2.45) is 5.92 Å². The molecule has 0 saturated carbocycles. The van der Waals surface area contributed by atoms with Crippen LogP contribution in [0.15, 0.2) is 48.7 Å². The first kappa shape index (κ1) is 19.5. The molecule has 3 atom stereocenters. The summed E-state index contributed by atoms with van der Waals surface area (Å²) in [5, 5.41) is 2.85.